The molecule has 0 aliphatic carbocycles. The summed E-state index contributed by atoms with van der Waals surface area (Å²) in [5, 5.41) is 22.0. The zero-order valence-electron chi connectivity index (χ0n) is 30.2. The summed E-state index contributed by atoms with van der Waals surface area (Å²) in [6.45, 7) is 9.21. The van der Waals surface area contributed by atoms with Gasteiger partial charge in [0.2, 0.25) is 17.7 Å². The first-order chi connectivity index (χ1) is 25.7. The number of aliphatic hydroxyl groups is 1. The summed E-state index contributed by atoms with van der Waals surface area (Å²) in [5.74, 6) is -3.86. The molecule has 8 atom stereocenters. The van der Waals surface area contributed by atoms with Crippen LogP contribution < -0.4 is 5.32 Å². The molecule has 6 rings (SSSR count). The van der Waals surface area contributed by atoms with Crippen LogP contribution in [0.15, 0.2) is 79.9 Å². The van der Waals surface area contributed by atoms with Crippen LogP contribution in [0.3, 0.4) is 0 Å². The van der Waals surface area contributed by atoms with Crippen molar-refractivity contribution in [2.24, 2.45) is 11.8 Å². The van der Waals surface area contributed by atoms with Crippen molar-refractivity contribution in [3.63, 3.8) is 0 Å². The van der Waals surface area contributed by atoms with Crippen molar-refractivity contribution in [2.75, 3.05) is 26.9 Å². The van der Waals surface area contributed by atoms with E-state index in [1.165, 1.54) is 12.0 Å². The van der Waals surface area contributed by atoms with Gasteiger partial charge in [-0.15, -0.1) is 18.3 Å². The fraction of sp³-hybridized carbons (Fsp3) is 0.487. The largest absolute Gasteiger partial charge is 0.455 e. The normalized spacial score (nSPS) is 24.7. The Morgan fingerprint density at radius 3 is 2.60 bits per heavy atom. The zero-order chi connectivity index (χ0) is 37.7. The molecule has 2 aromatic carbocycles. The number of hydrogen-bond acceptors (Lipinski definition) is 10. The van der Waals surface area contributed by atoms with E-state index in [0.717, 1.165) is 5.52 Å². The number of esters is 1. The Balaban J connectivity index is 1.34. The van der Waals surface area contributed by atoms with Gasteiger partial charge in [0.05, 0.1) is 48.8 Å². The van der Waals surface area contributed by atoms with Crippen LogP contribution in [0.4, 0.5) is 0 Å². The number of aromatic nitrogens is 3. The number of nitrogens with one attached hydrogen (secondary N) is 1. The highest BCUT2D eigenvalue weighted by atomic mass is 16.6. The lowest BCUT2D eigenvalue weighted by Gasteiger charge is -2.39. The fourth-order valence-corrected chi connectivity index (χ4v) is 8.30. The van der Waals surface area contributed by atoms with Crippen LogP contribution in [-0.4, -0.2) is 110 Å². The SMILES string of the molecule is C=CCCC(=O)N[C@H](COC)[C@H](OC(=O)[C@@H]1[C@@H]2CC[C@]3(O2)[C@H](C(=O)N(CC=C)Cn2nnc4ccccc42)N([C@@H](CC)CO)C(=O)[C@@H]13)c1ccccc1. The highest BCUT2D eigenvalue weighted by molar-refractivity contribution is 5.98. The quantitative estimate of drug-likeness (QED) is 0.147. The molecule has 3 amide bonds. The molecule has 3 aliphatic heterocycles. The minimum absolute atomic E-state index is 0.0215. The lowest BCUT2D eigenvalue weighted by atomic mass is 9.70. The van der Waals surface area contributed by atoms with E-state index in [4.69, 9.17) is 14.2 Å². The smallest absolute Gasteiger partial charge is 0.313 e. The number of benzene rings is 2. The van der Waals surface area contributed by atoms with Gasteiger partial charge in [-0.25, -0.2) is 4.68 Å². The average Bonchev–Trinajstić information content (AvgIpc) is 3.93. The van der Waals surface area contributed by atoms with Gasteiger partial charge in [0.15, 0.2) is 0 Å². The summed E-state index contributed by atoms with van der Waals surface area (Å²) in [4.78, 5) is 60.0. The Morgan fingerprint density at radius 1 is 1.15 bits per heavy atom. The Hall–Kier alpha value is -4.92. The molecular weight excluding hydrogens is 680 g/mol. The lowest BCUT2D eigenvalue weighted by molar-refractivity contribution is -0.163. The number of hydrogen-bond donors (Lipinski definition) is 2. The Morgan fingerprint density at radius 2 is 1.91 bits per heavy atom. The van der Waals surface area contributed by atoms with E-state index < -0.39 is 65.6 Å². The van der Waals surface area contributed by atoms with Crippen molar-refractivity contribution >= 4 is 34.7 Å². The van der Waals surface area contributed by atoms with Gasteiger partial charge in [0.25, 0.3) is 0 Å². The maximum absolute atomic E-state index is 14.9. The highest BCUT2D eigenvalue weighted by Crippen LogP contribution is 2.59. The first-order valence-electron chi connectivity index (χ1n) is 18.2. The molecule has 0 radical (unpaired) electrons. The second-order valence-corrected chi connectivity index (χ2v) is 13.8. The molecule has 3 aromatic rings. The number of carbonyl (C=O) groups is 4. The third-order valence-electron chi connectivity index (χ3n) is 10.7. The van der Waals surface area contributed by atoms with Crippen LogP contribution in [0.1, 0.15) is 50.7 Å². The molecular formula is C39H48N6O8. The first kappa shape index (κ1) is 37.8. The van der Waals surface area contributed by atoms with Gasteiger partial charge >= 0.3 is 5.97 Å². The van der Waals surface area contributed by atoms with Crippen LogP contribution in [0, 0.1) is 11.8 Å². The molecule has 2 N–H and O–H groups in total. The van der Waals surface area contributed by atoms with E-state index in [1.54, 1.807) is 46.0 Å². The molecule has 2 bridgehead atoms. The summed E-state index contributed by atoms with van der Waals surface area (Å²) < 4.78 is 20.1. The van der Waals surface area contributed by atoms with Gasteiger partial charge in [-0.2, -0.15) is 0 Å². The van der Waals surface area contributed by atoms with E-state index in [1.807, 2.05) is 37.3 Å². The summed E-state index contributed by atoms with van der Waals surface area (Å²) in [7, 11) is 1.50. The van der Waals surface area contributed by atoms with E-state index in [0.29, 0.717) is 36.8 Å². The average molecular weight is 729 g/mol. The Bertz CT molecular complexity index is 1810. The van der Waals surface area contributed by atoms with E-state index in [9.17, 15) is 24.3 Å². The van der Waals surface area contributed by atoms with Crippen LogP contribution in [0.25, 0.3) is 11.0 Å². The number of para-hydroxylation sites is 1. The van der Waals surface area contributed by atoms with Gasteiger partial charge in [-0.1, -0.05) is 66.8 Å². The number of fused-ring (bicyclic) bond motifs is 2. The lowest BCUT2D eigenvalue weighted by Crippen LogP contribution is -2.58. The fourth-order valence-electron chi connectivity index (χ4n) is 8.30. The molecule has 0 saturated carbocycles. The second-order valence-electron chi connectivity index (χ2n) is 13.8. The van der Waals surface area contributed by atoms with Gasteiger partial charge < -0.3 is 34.4 Å². The van der Waals surface area contributed by atoms with Crippen molar-refractivity contribution in [3.8, 4) is 0 Å². The van der Waals surface area contributed by atoms with Gasteiger partial charge in [0.1, 0.15) is 29.9 Å². The predicted octanol–water partition coefficient (Wildman–Crippen LogP) is 2.93. The number of methoxy groups -OCH3 is 1. The Kier molecular flexibility index (Phi) is 11.7. The van der Waals surface area contributed by atoms with Crippen LogP contribution >= 0.6 is 0 Å². The number of amides is 3. The van der Waals surface area contributed by atoms with E-state index >= 15 is 0 Å². The maximum Gasteiger partial charge on any atom is 0.313 e. The summed E-state index contributed by atoms with van der Waals surface area (Å²) in [5.41, 5.74) is 0.676. The number of allylic oxidation sites excluding steroid dienone is 1. The molecule has 14 heteroatoms. The number of nitrogens with zero attached hydrogens (tertiary/aromatic N) is 5. The first-order valence-corrected chi connectivity index (χ1v) is 18.2. The summed E-state index contributed by atoms with van der Waals surface area (Å²) in [6.07, 6.45) is 3.41. The topological polar surface area (TPSA) is 165 Å². The molecule has 53 heavy (non-hydrogen) atoms. The number of likely N-dealkylation sites (tertiary alicyclic amines) is 1. The third kappa shape index (κ3) is 7.10. The molecule has 4 heterocycles. The van der Waals surface area contributed by atoms with Gasteiger partial charge in [-0.05, 0) is 43.4 Å². The van der Waals surface area contributed by atoms with E-state index in [-0.39, 0.29) is 38.8 Å². The standard InChI is InChI=1S/C39H48N6O8/c1-5-8-18-31(47)40-28(23-51-4)34(25-14-10-9-11-15-25)52-38(50)32-30-19-20-39(53-30)33(32)36(48)45(26(7-3)22-46)35(39)37(49)43(21-6-2)24-44-29-17-13-12-16-27(29)41-42-44/h5-6,9-17,26,28,30,32-35,46H,1-2,7-8,18-24H2,3-4H3,(H,40,47)/t26-,28+,30-,32+,33+,34+,35-,39+/m0/s1. The van der Waals surface area contributed by atoms with Crippen LogP contribution in [0.5, 0.6) is 0 Å². The number of ether oxygens (including phenoxy) is 3. The van der Waals surface area contributed by atoms with Gasteiger partial charge in [-0.3, -0.25) is 19.2 Å². The monoisotopic (exact) mass is 728 g/mol. The van der Waals surface area contributed by atoms with Crippen molar-refractivity contribution in [1.29, 1.82) is 0 Å². The highest BCUT2D eigenvalue weighted by Gasteiger charge is 2.75. The third-order valence-corrected chi connectivity index (χ3v) is 10.7. The summed E-state index contributed by atoms with van der Waals surface area (Å²) in [6, 6.07) is 13.8. The number of rotatable bonds is 18. The van der Waals surface area contributed by atoms with Crippen molar-refractivity contribution in [2.45, 2.75) is 81.6 Å². The predicted molar refractivity (Wildman–Crippen MR) is 194 cm³/mol. The molecule has 3 aliphatic rings. The maximum atomic E-state index is 14.9. The second kappa shape index (κ2) is 16.4. The summed E-state index contributed by atoms with van der Waals surface area (Å²) >= 11 is 0. The van der Waals surface area contributed by atoms with Gasteiger partial charge in [0, 0.05) is 20.1 Å². The van der Waals surface area contributed by atoms with Crippen LogP contribution in [0.2, 0.25) is 0 Å². The molecule has 3 fully saturated rings. The van der Waals surface area contributed by atoms with E-state index in [2.05, 4.69) is 28.8 Å². The molecule has 14 nitrogen and oxygen atoms in total. The molecule has 1 aromatic heterocycles. The number of aliphatic hydroxyl groups excluding tert-OH is 1. The molecule has 1 spiro atoms. The Labute approximate surface area is 308 Å². The molecule has 3 saturated heterocycles. The minimum atomic E-state index is -1.35. The number of carbonyl (C=O) groups excluding carboxylic acids is 4. The van der Waals surface area contributed by atoms with Crippen molar-refractivity contribution in [1.82, 2.24) is 30.1 Å². The molecule has 282 valence electrons. The van der Waals surface area contributed by atoms with Crippen molar-refractivity contribution in [3.05, 3.63) is 85.5 Å². The van der Waals surface area contributed by atoms with Crippen molar-refractivity contribution < 1.29 is 38.5 Å². The van der Waals surface area contributed by atoms with Crippen LogP contribution in [-0.2, 0) is 40.1 Å². The molecule has 0 unspecified atom stereocenters. The zero-order valence-corrected chi connectivity index (χ0v) is 30.2. The minimum Gasteiger partial charge on any atom is -0.455 e.